The lowest BCUT2D eigenvalue weighted by Gasteiger charge is -2.31. The van der Waals surface area contributed by atoms with Gasteiger partial charge in [0.2, 0.25) is 0 Å². The van der Waals surface area contributed by atoms with E-state index in [-0.39, 0.29) is 18.7 Å². The number of likely N-dealkylation sites (N-methyl/N-ethyl adjacent to an activating group) is 1. The van der Waals surface area contributed by atoms with Crippen molar-refractivity contribution in [2.45, 2.75) is 38.3 Å². The van der Waals surface area contributed by atoms with Gasteiger partial charge in [0.15, 0.2) is 0 Å². The normalized spacial score (nSPS) is 15.8. The summed E-state index contributed by atoms with van der Waals surface area (Å²) in [4.78, 5) is 4.36. The molecule has 3 N–H and O–H groups in total. The highest BCUT2D eigenvalue weighted by Gasteiger charge is 2.20. The molecular weight excluding hydrogens is 202 g/mol. The number of rotatable bonds is 9. The van der Waals surface area contributed by atoms with Crippen molar-refractivity contribution in [3.63, 3.8) is 0 Å². The molecule has 16 heavy (non-hydrogen) atoms. The van der Waals surface area contributed by atoms with Gasteiger partial charge < -0.3 is 15.7 Å². The molecule has 0 bridgehead atoms. The lowest BCUT2D eigenvalue weighted by molar-refractivity contribution is 0.120. The van der Waals surface area contributed by atoms with Crippen molar-refractivity contribution in [3.05, 3.63) is 0 Å². The van der Waals surface area contributed by atoms with Crippen LogP contribution in [-0.2, 0) is 0 Å². The zero-order valence-corrected chi connectivity index (χ0v) is 11.3. The van der Waals surface area contributed by atoms with Crippen LogP contribution in [0, 0.1) is 0 Å². The fourth-order valence-electron chi connectivity index (χ4n) is 1.93. The van der Waals surface area contributed by atoms with Gasteiger partial charge in [-0.15, -0.1) is 0 Å². The van der Waals surface area contributed by atoms with Crippen molar-refractivity contribution in [2.24, 2.45) is 5.73 Å². The third-order valence-corrected chi connectivity index (χ3v) is 2.99. The molecule has 0 heterocycles. The number of aliphatic hydroxyl groups excluding tert-OH is 1. The molecule has 4 heteroatoms. The third kappa shape index (κ3) is 6.43. The molecule has 0 aromatic carbocycles. The maximum absolute atomic E-state index is 9.37. The molecule has 0 aliphatic carbocycles. The molecule has 0 aliphatic heterocycles. The van der Waals surface area contributed by atoms with Gasteiger partial charge in [0.05, 0.1) is 6.61 Å². The summed E-state index contributed by atoms with van der Waals surface area (Å²) in [7, 11) is 6.20. The first-order chi connectivity index (χ1) is 7.52. The van der Waals surface area contributed by atoms with Crippen LogP contribution in [0.25, 0.3) is 0 Å². The zero-order valence-electron chi connectivity index (χ0n) is 11.3. The van der Waals surface area contributed by atoms with Gasteiger partial charge in [-0.2, -0.15) is 0 Å². The standard InChI is InChI=1S/C12H29N3O/c1-5-7-11(13)12(10-16)15(4)9-6-8-14(2)3/h11-12,16H,5-10,13H2,1-4H3. The Balaban J connectivity index is 3.94. The first-order valence-corrected chi connectivity index (χ1v) is 6.24. The fourth-order valence-corrected chi connectivity index (χ4v) is 1.93. The molecule has 0 saturated carbocycles. The van der Waals surface area contributed by atoms with Crippen LogP contribution in [0.1, 0.15) is 26.2 Å². The summed E-state index contributed by atoms with van der Waals surface area (Å²) in [6.45, 7) is 4.34. The molecule has 0 amide bonds. The molecular formula is C12H29N3O. The van der Waals surface area contributed by atoms with Crippen molar-refractivity contribution in [3.8, 4) is 0 Å². The Hall–Kier alpha value is -0.160. The molecule has 0 aliphatic rings. The fraction of sp³-hybridized carbons (Fsp3) is 1.00. The molecule has 2 atom stereocenters. The van der Waals surface area contributed by atoms with Gasteiger partial charge in [-0.05, 0) is 47.1 Å². The maximum Gasteiger partial charge on any atom is 0.0601 e. The number of aliphatic hydroxyl groups is 1. The van der Waals surface area contributed by atoms with E-state index in [2.05, 4.69) is 30.8 Å². The number of hydrogen-bond donors (Lipinski definition) is 2. The Morgan fingerprint density at radius 1 is 1.19 bits per heavy atom. The molecule has 0 spiro atoms. The van der Waals surface area contributed by atoms with Gasteiger partial charge in [-0.25, -0.2) is 0 Å². The Labute approximate surface area is 100 Å². The molecule has 0 aromatic heterocycles. The first kappa shape index (κ1) is 15.8. The van der Waals surface area contributed by atoms with Gasteiger partial charge in [0, 0.05) is 12.1 Å². The van der Waals surface area contributed by atoms with E-state index in [9.17, 15) is 5.11 Å². The molecule has 4 nitrogen and oxygen atoms in total. The third-order valence-electron chi connectivity index (χ3n) is 2.99. The van der Waals surface area contributed by atoms with E-state index >= 15 is 0 Å². The number of hydrogen-bond acceptors (Lipinski definition) is 4. The summed E-state index contributed by atoms with van der Waals surface area (Å²) >= 11 is 0. The minimum absolute atomic E-state index is 0.0827. The smallest absolute Gasteiger partial charge is 0.0601 e. The molecule has 98 valence electrons. The van der Waals surface area contributed by atoms with Crippen LogP contribution in [0.15, 0.2) is 0 Å². The molecule has 0 fully saturated rings. The molecule has 0 aromatic rings. The number of nitrogens with two attached hydrogens (primary N) is 1. The Bertz CT molecular complexity index is 164. The average Bonchev–Trinajstić information content (AvgIpc) is 2.18. The minimum atomic E-state index is 0.0827. The van der Waals surface area contributed by atoms with Crippen molar-refractivity contribution < 1.29 is 5.11 Å². The minimum Gasteiger partial charge on any atom is -0.395 e. The lowest BCUT2D eigenvalue weighted by Crippen LogP contribution is -2.48. The summed E-state index contributed by atoms with van der Waals surface area (Å²) in [6.07, 6.45) is 3.16. The van der Waals surface area contributed by atoms with E-state index in [0.29, 0.717) is 0 Å². The van der Waals surface area contributed by atoms with Crippen LogP contribution in [-0.4, -0.2) is 67.8 Å². The van der Waals surface area contributed by atoms with E-state index in [0.717, 1.165) is 32.4 Å². The molecule has 0 rings (SSSR count). The molecule has 0 radical (unpaired) electrons. The summed E-state index contributed by atoms with van der Waals surface area (Å²) < 4.78 is 0. The number of nitrogens with zero attached hydrogens (tertiary/aromatic N) is 2. The van der Waals surface area contributed by atoms with E-state index in [1.165, 1.54) is 0 Å². The topological polar surface area (TPSA) is 52.7 Å². The van der Waals surface area contributed by atoms with E-state index in [4.69, 9.17) is 5.73 Å². The highest BCUT2D eigenvalue weighted by Crippen LogP contribution is 2.06. The van der Waals surface area contributed by atoms with Crippen LogP contribution in [0.2, 0.25) is 0 Å². The highest BCUT2D eigenvalue weighted by molar-refractivity contribution is 4.79. The van der Waals surface area contributed by atoms with Crippen molar-refractivity contribution >= 4 is 0 Å². The Kier molecular flexibility index (Phi) is 8.84. The van der Waals surface area contributed by atoms with Crippen molar-refractivity contribution in [1.29, 1.82) is 0 Å². The van der Waals surface area contributed by atoms with Gasteiger partial charge in [0.1, 0.15) is 0 Å². The first-order valence-electron chi connectivity index (χ1n) is 6.24. The summed E-state index contributed by atoms with van der Waals surface area (Å²) in [5, 5.41) is 9.37. The molecule has 2 unspecified atom stereocenters. The second-order valence-corrected chi connectivity index (χ2v) is 4.84. The second-order valence-electron chi connectivity index (χ2n) is 4.84. The quantitative estimate of drug-likeness (QED) is 0.601. The van der Waals surface area contributed by atoms with Gasteiger partial charge in [0.25, 0.3) is 0 Å². The second kappa shape index (κ2) is 8.93. The lowest BCUT2D eigenvalue weighted by atomic mass is 10.0. The van der Waals surface area contributed by atoms with Gasteiger partial charge in [-0.1, -0.05) is 13.3 Å². The highest BCUT2D eigenvalue weighted by atomic mass is 16.3. The largest absolute Gasteiger partial charge is 0.395 e. The van der Waals surface area contributed by atoms with Gasteiger partial charge in [-0.3, -0.25) is 4.90 Å². The van der Waals surface area contributed by atoms with E-state index in [1.54, 1.807) is 0 Å². The monoisotopic (exact) mass is 231 g/mol. The van der Waals surface area contributed by atoms with Crippen molar-refractivity contribution in [1.82, 2.24) is 9.80 Å². The maximum atomic E-state index is 9.37. The van der Waals surface area contributed by atoms with Crippen LogP contribution in [0.3, 0.4) is 0 Å². The van der Waals surface area contributed by atoms with Crippen LogP contribution in [0.5, 0.6) is 0 Å². The van der Waals surface area contributed by atoms with Crippen LogP contribution < -0.4 is 5.73 Å². The Morgan fingerprint density at radius 3 is 2.25 bits per heavy atom. The predicted octanol–water partition coefficient (Wildman–Crippen LogP) is 0.358. The van der Waals surface area contributed by atoms with Gasteiger partial charge >= 0.3 is 0 Å². The van der Waals surface area contributed by atoms with Crippen LogP contribution in [0.4, 0.5) is 0 Å². The summed E-state index contributed by atoms with van der Waals surface area (Å²) in [5.41, 5.74) is 6.06. The van der Waals surface area contributed by atoms with Crippen LogP contribution >= 0.6 is 0 Å². The molecule has 0 saturated heterocycles. The van der Waals surface area contributed by atoms with E-state index in [1.807, 2.05) is 7.05 Å². The SMILES string of the molecule is CCCC(N)C(CO)N(C)CCCN(C)C. The predicted molar refractivity (Wildman–Crippen MR) is 69.6 cm³/mol. The average molecular weight is 231 g/mol. The zero-order chi connectivity index (χ0) is 12.6. The van der Waals surface area contributed by atoms with Crippen molar-refractivity contribution in [2.75, 3.05) is 40.8 Å². The van der Waals surface area contributed by atoms with E-state index < -0.39 is 0 Å². The Morgan fingerprint density at radius 2 is 1.81 bits per heavy atom. The summed E-state index contributed by atoms with van der Waals surface area (Å²) in [5.74, 6) is 0. The summed E-state index contributed by atoms with van der Waals surface area (Å²) in [6, 6.07) is 0.182.